The lowest BCUT2D eigenvalue weighted by atomic mass is 10.1. The Hall–Kier alpha value is -0.930. The third-order valence-corrected chi connectivity index (χ3v) is 3.67. The van der Waals surface area contributed by atoms with Crippen LogP contribution in [0.25, 0.3) is 0 Å². The fourth-order valence-electron chi connectivity index (χ4n) is 2.17. The summed E-state index contributed by atoms with van der Waals surface area (Å²) in [6.45, 7) is 3.71. The highest BCUT2D eigenvalue weighted by molar-refractivity contribution is 6.31. The Bertz CT molecular complexity index is 401. The van der Waals surface area contributed by atoms with Crippen molar-refractivity contribution in [3.8, 4) is 5.75 Å². The van der Waals surface area contributed by atoms with Crippen molar-refractivity contribution in [2.45, 2.75) is 25.9 Å². The Balaban J connectivity index is 2.27. The fraction of sp³-hybridized carbons (Fsp3) is 0.538. The number of hydrogen-bond donors (Lipinski definition) is 1. The molecule has 0 aliphatic carbocycles. The van der Waals surface area contributed by atoms with E-state index in [1.807, 2.05) is 13.0 Å². The lowest BCUT2D eigenvalue weighted by Crippen LogP contribution is -2.36. The van der Waals surface area contributed by atoms with Gasteiger partial charge >= 0.3 is 0 Å². The molecule has 4 heteroatoms. The van der Waals surface area contributed by atoms with Gasteiger partial charge in [0.05, 0.1) is 18.9 Å². The zero-order valence-electron chi connectivity index (χ0n) is 10.2. The number of rotatable bonds is 2. The van der Waals surface area contributed by atoms with Crippen LogP contribution in [0, 0.1) is 6.92 Å². The van der Waals surface area contributed by atoms with Gasteiger partial charge in [0.15, 0.2) is 0 Å². The number of benzene rings is 1. The molecule has 0 saturated carbocycles. The number of aliphatic hydroxyl groups excluding tert-OH is 1. The van der Waals surface area contributed by atoms with Crippen molar-refractivity contribution in [2.75, 3.05) is 25.1 Å². The second-order valence-electron chi connectivity index (χ2n) is 4.49. The van der Waals surface area contributed by atoms with Crippen LogP contribution < -0.4 is 9.64 Å². The molecule has 1 aromatic rings. The van der Waals surface area contributed by atoms with E-state index >= 15 is 0 Å². The smallest absolute Gasteiger partial charge is 0.143 e. The number of methoxy groups -OCH3 is 1. The van der Waals surface area contributed by atoms with Crippen LogP contribution in [0.1, 0.15) is 18.4 Å². The third kappa shape index (κ3) is 2.67. The summed E-state index contributed by atoms with van der Waals surface area (Å²) in [5.41, 5.74) is 2.12. The molecule has 1 aliphatic rings. The number of aliphatic hydroxyl groups is 1. The molecule has 0 amide bonds. The second-order valence-corrected chi connectivity index (χ2v) is 4.90. The van der Waals surface area contributed by atoms with Gasteiger partial charge < -0.3 is 14.7 Å². The SMILES string of the molecule is COc1cc(Cl)c(C)cc1N1CCC(O)CC1. The van der Waals surface area contributed by atoms with Gasteiger partial charge in [-0.05, 0) is 31.4 Å². The molecule has 0 spiro atoms. The first-order valence-electron chi connectivity index (χ1n) is 5.89. The first-order chi connectivity index (χ1) is 8.11. The minimum atomic E-state index is -0.161. The highest BCUT2D eigenvalue weighted by atomic mass is 35.5. The molecule has 0 aromatic heterocycles. The van der Waals surface area contributed by atoms with Crippen LogP contribution in [0.3, 0.4) is 0 Å². The lowest BCUT2D eigenvalue weighted by molar-refractivity contribution is 0.145. The summed E-state index contributed by atoms with van der Waals surface area (Å²) in [6.07, 6.45) is 1.46. The number of piperidine rings is 1. The maximum atomic E-state index is 9.52. The zero-order chi connectivity index (χ0) is 12.4. The van der Waals surface area contributed by atoms with Gasteiger partial charge in [-0.15, -0.1) is 0 Å². The summed E-state index contributed by atoms with van der Waals surface area (Å²) in [5.74, 6) is 0.803. The average molecular weight is 256 g/mol. The number of anilines is 1. The summed E-state index contributed by atoms with van der Waals surface area (Å²) in [4.78, 5) is 2.24. The molecule has 1 saturated heterocycles. The van der Waals surface area contributed by atoms with E-state index < -0.39 is 0 Å². The molecule has 0 radical (unpaired) electrons. The molecule has 1 aromatic carbocycles. The Morgan fingerprint density at radius 2 is 2.00 bits per heavy atom. The Morgan fingerprint density at radius 3 is 2.59 bits per heavy atom. The van der Waals surface area contributed by atoms with Crippen LogP contribution in [-0.4, -0.2) is 31.4 Å². The second kappa shape index (κ2) is 5.15. The lowest BCUT2D eigenvalue weighted by Gasteiger charge is -2.32. The Morgan fingerprint density at radius 1 is 1.35 bits per heavy atom. The number of ether oxygens (including phenoxy) is 1. The molecule has 1 aliphatic heterocycles. The van der Waals surface area contributed by atoms with Crippen molar-refractivity contribution in [1.82, 2.24) is 0 Å². The van der Waals surface area contributed by atoms with E-state index in [2.05, 4.69) is 11.0 Å². The zero-order valence-corrected chi connectivity index (χ0v) is 11.0. The van der Waals surface area contributed by atoms with Gasteiger partial charge in [0, 0.05) is 24.2 Å². The molecule has 2 rings (SSSR count). The Labute approximate surface area is 107 Å². The molecule has 1 N–H and O–H groups in total. The molecule has 1 fully saturated rings. The Kier molecular flexibility index (Phi) is 3.79. The maximum Gasteiger partial charge on any atom is 0.143 e. The van der Waals surface area contributed by atoms with Crippen molar-refractivity contribution >= 4 is 17.3 Å². The first-order valence-corrected chi connectivity index (χ1v) is 6.26. The van der Waals surface area contributed by atoms with Crippen molar-refractivity contribution in [2.24, 2.45) is 0 Å². The molecular weight excluding hydrogens is 238 g/mol. The van der Waals surface area contributed by atoms with Crippen LogP contribution >= 0.6 is 11.6 Å². The van der Waals surface area contributed by atoms with Gasteiger partial charge in [0.25, 0.3) is 0 Å². The molecule has 0 bridgehead atoms. The number of aryl methyl sites for hydroxylation is 1. The number of hydrogen-bond acceptors (Lipinski definition) is 3. The molecule has 3 nitrogen and oxygen atoms in total. The highest BCUT2D eigenvalue weighted by Gasteiger charge is 2.20. The van der Waals surface area contributed by atoms with E-state index in [0.29, 0.717) is 0 Å². The normalized spacial score (nSPS) is 17.3. The van der Waals surface area contributed by atoms with Gasteiger partial charge in [-0.25, -0.2) is 0 Å². The van der Waals surface area contributed by atoms with E-state index in [-0.39, 0.29) is 6.10 Å². The largest absolute Gasteiger partial charge is 0.495 e. The van der Waals surface area contributed by atoms with Gasteiger partial charge in [-0.2, -0.15) is 0 Å². The summed E-state index contributed by atoms with van der Waals surface area (Å²) in [7, 11) is 1.66. The standard InChI is InChI=1S/C13H18ClNO2/c1-9-7-12(13(17-2)8-11(9)14)15-5-3-10(16)4-6-15/h7-8,10,16H,3-6H2,1-2H3. The van der Waals surface area contributed by atoms with Crippen LogP contribution in [0.2, 0.25) is 5.02 Å². The molecule has 17 heavy (non-hydrogen) atoms. The van der Waals surface area contributed by atoms with E-state index in [4.69, 9.17) is 16.3 Å². The van der Waals surface area contributed by atoms with E-state index in [9.17, 15) is 5.11 Å². The van der Waals surface area contributed by atoms with Gasteiger partial charge in [0.2, 0.25) is 0 Å². The molecular formula is C13H18ClNO2. The molecule has 94 valence electrons. The topological polar surface area (TPSA) is 32.7 Å². The average Bonchev–Trinajstić information content (AvgIpc) is 2.33. The molecule has 0 unspecified atom stereocenters. The number of nitrogens with zero attached hydrogens (tertiary/aromatic N) is 1. The molecule has 1 heterocycles. The quantitative estimate of drug-likeness (QED) is 0.882. The van der Waals surface area contributed by atoms with Gasteiger partial charge in [-0.1, -0.05) is 11.6 Å². The summed E-state index contributed by atoms with van der Waals surface area (Å²) in [6, 6.07) is 3.91. The highest BCUT2D eigenvalue weighted by Crippen LogP contribution is 2.35. The van der Waals surface area contributed by atoms with Gasteiger partial charge in [0.1, 0.15) is 5.75 Å². The van der Waals surface area contributed by atoms with E-state index in [1.165, 1.54) is 0 Å². The predicted octanol–water partition coefficient (Wildman–Crippen LogP) is 2.62. The van der Waals surface area contributed by atoms with Crippen molar-refractivity contribution in [1.29, 1.82) is 0 Å². The van der Waals surface area contributed by atoms with Crippen LogP contribution in [0.4, 0.5) is 5.69 Å². The number of halogens is 1. The van der Waals surface area contributed by atoms with Crippen molar-refractivity contribution < 1.29 is 9.84 Å². The van der Waals surface area contributed by atoms with Crippen molar-refractivity contribution in [3.05, 3.63) is 22.7 Å². The summed E-state index contributed by atoms with van der Waals surface area (Å²) < 4.78 is 5.37. The van der Waals surface area contributed by atoms with Crippen LogP contribution in [-0.2, 0) is 0 Å². The van der Waals surface area contributed by atoms with Crippen molar-refractivity contribution in [3.63, 3.8) is 0 Å². The third-order valence-electron chi connectivity index (χ3n) is 3.27. The van der Waals surface area contributed by atoms with Gasteiger partial charge in [-0.3, -0.25) is 0 Å². The summed E-state index contributed by atoms with van der Waals surface area (Å²) >= 11 is 6.09. The maximum absolute atomic E-state index is 9.52. The minimum Gasteiger partial charge on any atom is -0.495 e. The van der Waals surface area contributed by atoms with E-state index in [1.54, 1.807) is 7.11 Å². The predicted molar refractivity (Wildman–Crippen MR) is 70.2 cm³/mol. The summed E-state index contributed by atoms with van der Waals surface area (Å²) in [5, 5.41) is 10.2. The molecule has 0 atom stereocenters. The first kappa shape index (κ1) is 12.5. The fourth-order valence-corrected chi connectivity index (χ4v) is 2.32. The van der Waals surface area contributed by atoms with Crippen LogP contribution in [0.5, 0.6) is 5.75 Å². The minimum absolute atomic E-state index is 0.161. The monoisotopic (exact) mass is 255 g/mol. The van der Waals surface area contributed by atoms with E-state index in [0.717, 1.165) is 48.0 Å². The van der Waals surface area contributed by atoms with Crippen LogP contribution in [0.15, 0.2) is 12.1 Å².